The minimum absolute atomic E-state index is 0.151. The van der Waals surface area contributed by atoms with Gasteiger partial charge in [0, 0.05) is 13.6 Å². The van der Waals surface area contributed by atoms with Gasteiger partial charge in [0.2, 0.25) is 5.91 Å². The van der Waals surface area contributed by atoms with Crippen molar-refractivity contribution in [1.82, 2.24) is 4.90 Å². The van der Waals surface area contributed by atoms with Crippen LogP contribution in [0.1, 0.15) is 23.6 Å². The smallest absolute Gasteiger partial charge is 0.226 e. The van der Waals surface area contributed by atoms with E-state index in [0.717, 1.165) is 12.1 Å². The molecule has 0 saturated heterocycles. The van der Waals surface area contributed by atoms with Crippen LogP contribution in [0.15, 0.2) is 18.2 Å². The first-order chi connectivity index (χ1) is 8.43. The van der Waals surface area contributed by atoms with Crippen LogP contribution in [-0.2, 0) is 11.2 Å². The van der Waals surface area contributed by atoms with Crippen molar-refractivity contribution in [2.75, 3.05) is 20.1 Å². The van der Waals surface area contributed by atoms with Crippen molar-refractivity contribution < 1.29 is 4.79 Å². The zero-order chi connectivity index (χ0) is 13.7. The Balaban J connectivity index is 2.61. The minimum atomic E-state index is 0.151. The van der Waals surface area contributed by atoms with Crippen molar-refractivity contribution in [1.29, 1.82) is 0 Å². The van der Waals surface area contributed by atoms with E-state index in [4.69, 9.17) is 5.73 Å². The second-order valence-electron chi connectivity index (χ2n) is 5.21. The summed E-state index contributed by atoms with van der Waals surface area (Å²) in [6.07, 6.45) is 0.467. The molecular formula is C15H24N2O. The van der Waals surface area contributed by atoms with Crippen molar-refractivity contribution >= 4 is 5.91 Å². The highest BCUT2D eigenvalue weighted by Gasteiger charge is 2.12. The first-order valence-electron chi connectivity index (χ1n) is 6.44. The molecule has 0 aromatic heterocycles. The lowest BCUT2D eigenvalue weighted by Gasteiger charge is -2.21. The Morgan fingerprint density at radius 3 is 2.56 bits per heavy atom. The third kappa shape index (κ3) is 4.15. The molecule has 0 aliphatic heterocycles. The van der Waals surface area contributed by atoms with Gasteiger partial charge in [-0.25, -0.2) is 0 Å². The van der Waals surface area contributed by atoms with Gasteiger partial charge in [-0.05, 0) is 43.0 Å². The van der Waals surface area contributed by atoms with E-state index in [-0.39, 0.29) is 5.91 Å². The molecule has 18 heavy (non-hydrogen) atoms. The minimum Gasteiger partial charge on any atom is -0.345 e. The molecule has 0 aliphatic carbocycles. The average Bonchev–Trinajstić information content (AvgIpc) is 2.33. The Bertz CT molecular complexity index is 415. The topological polar surface area (TPSA) is 46.3 Å². The molecule has 1 rings (SSSR count). The van der Waals surface area contributed by atoms with Gasteiger partial charge in [-0.1, -0.05) is 25.1 Å². The fraction of sp³-hybridized carbons (Fsp3) is 0.533. The van der Waals surface area contributed by atoms with Gasteiger partial charge in [0.15, 0.2) is 0 Å². The molecule has 1 atom stereocenters. The van der Waals surface area contributed by atoms with E-state index >= 15 is 0 Å². The van der Waals surface area contributed by atoms with E-state index in [9.17, 15) is 4.79 Å². The zero-order valence-electron chi connectivity index (χ0n) is 11.9. The maximum absolute atomic E-state index is 12.0. The molecular weight excluding hydrogens is 224 g/mol. The summed E-state index contributed by atoms with van der Waals surface area (Å²) in [5.74, 6) is 0.497. The highest BCUT2D eigenvalue weighted by Crippen LogP contribution is 2.11. The van der Waals surface area contributed by atoms with Crippen LogP contribution in [0, 0.1) is 19.8 Å². The number of hydrogen-bond donors (Lipinski definition) is 1. The van der Waals surface area contributed by atoms with E-state index in [0.29, 0.717) is 18.9 Å². The van der Waals surface area contributed by atoms with Gasteiger partial charge in [-0.15, -0.1) is 0 Å². The lowest BCUT2D eigenvalue weighted by molar-refractivity contribution is -0.129. The summed E-state index contributed by atoms with van der Waals surface area (Å²) in [5.41, 5.74) is 9.15. The van der Waals surface area contributed by atoms with Crippen LogP contribution in [0.3, 0.4) is 0 Å². The van der Waals surface area contributed by atoms with Gasteiger partial charge in [0.25, 0.3) is 0 Å². The van der Waals surface area contributed by atoms with Crippen LogP contribution in [0.4, 0.5) is 0 Å². The highest BCUT2D eigenvalue weighted by atomic mass is 16.2. The Morgan fingerprint density at radius 2 is 2.00 bits per heavy atom. The van der Waals surface area contributed by atoms with Crippen molar-refractivity contribution in [3.05, 3.63) is 34.9 Å². The van der Waals surface area contributed by atoms with Gasteiger partial charge < -0.3 is 10.6 Å². The van der Waals surface area contributed by atoms with Crippen LogP contribution < -0.4 is 5.73 Å². The summed E-state index contributed by atoms with van der Waals surface area (Å²) < 4.78 is 0. The van der Waals surface area contributed by atoms with Crippen molar-refractivity contribution in [2.45, 2.75) is 27.2 Å². The summed E-state index contributed by atoms with van der Waals surface area (Å²) in [6, 6.07) is 6.19. The number of carbonyl (C=O) groups excluding carboxylic acids is 1. The fourth-order valence-corrected chi connectivity index (χ4v) is 1.87. The van der Waals surface area contributed by atoms with Gasteiger partial charge in [-0.2, -0.15) is 0 Å². The number of benzene rings is 1. The fourth-order valence-electron chi connectivity index (χ4n) is 1.87. The molecule has 2 N–H and O–H groups in total. The lowest BCUT2D eigenvalue weighted by atomic mass is 10.0. The van der Waals surface area contributed by atoms with E-state index in [1.54, 1.807) is 4.90 Å². The molecule has 0 saturated carbocycles. The van der Waals surface area contributed by atoms with Gasteiger partial charge in [0.05, 0.1) is 6.42 Å². The van der Waals surface area contributed by atoms with Gasteiger partial charge in [-0.3, -0.25) is 4.79 Å². The summed E-state index contributed by atoms with van der Waals surface area (Å²) in [6.45, 7) is 7.54. The number of hydrogen-bond acceptors (Lipinski definition) is 2. The number of amides is 1. The molecule has 100 valence electrons. The van der Waals surface area contributed by atoms with E-state index in [2.05, 4.69) is 32.9 Å². The standard InChI is InChI=1S/C15H24N2O/c1-11(9-16)10-17(4)15(18)8-14-6-5-12(2)13(3)7-14/h5-7,11H,8-10,16H2,1-4H3. The van der Waals surface area contributed by atoms with E-state index < -0.39 is 0 Å². The normalized spacial score (nSPS) is 12.3. The Hall–Kier alpha value is -1.35. The van der Waals surface area contributed by atoms with Crippen LogP contribution in [0.2, 0.25) is 0 Å². The maximum atomic E-state index is 12.0. The molecule has 1 unspecified atom stereocenters. The number of likely N-dealkylation sites (N-methyl/N-ethyl adjacent to an activating group) is 1. The SMILES string of the molecule is Cc1ccc(CC(=O)N(C)CC(C)CN)cc1C. The predicted octanol–water partition coefficient (Wildman–Crippen LogP) is 1.90. The molecule has 0 bridgehead atoms. The molecule has 0 radical (unpaired) electrons. The molecule has 3 heteroatoms. The third-order valence-electron chi connectivity index (χ3n) is 3.34. The Morgan fingerprint density at radius 1 is 1.33 bits per heavy atom. The molecule has 3 nitrogen and oxygen atoms in total. The second kappa shape index (κ2) is 6.55. The zero-order valence-corrected chi connectivity index (χ0v) is 11.9. The summed E-state index contributed by atoms with van der Waals surface area (Å²) >= 11 is 0. The predicted molar refractivity (Wildman–Crippen MR) is 75.5 cm³/mol. The van der Waals surface area contributed by atoms with Crippen LogP contribution >= 0.6 is 0 Å². The van der Waals surface area contributed by atoms with Gasteiger partial charge >= 0.3 is 0 Å². The molecule has 1 aromatic carbocycles. The Kier molecular flexibility index (Phi) is 5.35. The van der Waals surface area contributed by atoms with Crippen LogP contribution in [-0.4, -0.2) is 30.9 Å². The monoisotopic (exact) mass is 248 g/mol. The second-order valence-corrected chi connectivity index (χ2v) is 5.21. The van der Waals surface area contributed by atoms with Crippen molar-refractivity contribution in [3.8, 4) is 0 Å². The number of nitrogens with two attached hydrogens (primary N) is 1. The highest BCUT2D eigenvalue weighted by molar-refractivity contribution is 5.78. The molecule has 0 fully saturated rings. The van der Waals surface area contributed by atoms with Crippen LogP contribution in [0.5, 0.6) is 0 Å². The lowest BCUT2D eigenvalue weighted by Crippen LogP contribution is -2.34. The van der Waals surface area contributed by atoms with Crippen LogP contribution in [0.25, 0.3) is 0 Å². The quantitative estimate of drug-likeness (QED) is 0.865. The third-order valence-corrected chi connectivity index (χ3v) is 3.34. The number of rotatable bonds is 5. The first kappa shape index (κ1) is 14.7. The molecule has 0 aliphatic rings. The molecule has 0 spiro atoms. The molecule has 1 amide bonds. The number of carbonyl (C=O) groups is 1. The summed E-state index contributed by atoms with van der Waals surface area (Å²) in [4.78, 5) is 13.8. The van der Waals surface area contributed by atoms with E-state index in [1.807, 2.05) is 13.1 Å². The summed E-state index contributed by atoms with van der Waals surface area (Å²) in [7, 11) is 1.84. The van der Waals surface area contributed by atoms with E-state index in [1.165, 1.54) is 11.1 Å². The van der Waals surface area contributed by atoms with Crippen molar-refractivity contribution in [2.24, 2.45) is 11.7 Å². The molecule has 0 heterocycles. The molecule has 1 aromatic rings. The Labute approximate surface area is 110 Å². The van der Waals surface area contributed by atoms with Crippen molar-refractivity contribution in [3.63, 3.8) is 0 Å². The summed E-state index contributed by atoms with van der Waals surface area (Å²) in [5, 5.41) is 0. The first-order valence-corrected chi connectivity index (χ1v) is 6.44. The maximum Gasteiger partial charge on any atom is 0.226 e. The largest absolute Gasteiger partial charge is 0.345 e. The number of aryl methyl sites for hydroxylation is 2. The average molecular weight is 248 g/mol. The number of nitrogens with zero attached hydrogens (tertiary/aromatic N) is 1. The van der Waals surface area contributed by atoms with Gasteiger partial charge in [0.1, 0.15) is 0 Å².